The molecular weight excluding hydrogens is 514 g/mol. The first-order valence-electron chi connectivity index (χ1n) is 13.1. The lowest BCUT2D eigenvalue weighted by molar-refractivity contribution is -0.140. The zero-order valence-corrected chi connectivity index (χ0v) is 23.8. The van der Waals surface area contributed by atoms with Crippen molar-refractivity contribution in [2.45, 2.75) is 51.1 Å². The quantitative estimate of drug-likeness (QED) is 0.340. The van der Waals surface area contributed by atoms with Crippen LogP contribution < -0.4 is 14.4 Å². The Morgan fingerprint density at radius 1 is 0.923 bits per heavy atom. The van der Waals surface area contributed by atoms with Gasteiger partial charge >= 0.3 is 0 Å². The second-order valence-corrected chi connectivity index (χ2v) is 10.9. The van der Waals surface area contributed by atoms with Gasteiger partial charge in [0.1, 0.15) is 18.3 Å². The normalized spacial score (nSPS) is 11.9. The lowest BCUT2D eigenvalue weighted by Crippen LogP contribution is -2.52. The van der Waals surface area contributed by atoms with Crippen molar-refractivity contribution in [2.24, 2.45) is 0 Å². The summed E-state index contributed by atoms with van der Waals surface area (Å²) in [6.45, 7) is 5.64. The van der Waals surface area contributed by atoms with E-state index in [4.69, 9.17) is 4.74 Å². The number of nitrogens with zero attached hydrogens (tertiary/aromatic N) is 2. The summed E-state index contributed by atoms with van der Waals surface area (Å²) in [5, 5.41) is 2.81. The molecule has 0 heterocycles. The van der Waals surface area contributed by atoms with E-state index in [1.807, 2.05) is 45.0 Å². The third-order valence-corrected chi connectivity index (χ3v) is 8.25. The van der Waals surface area contributed by atoms with E-state index in [2.05, 4.69) is 5.32 Å². The number of nitrogens with one attached hydrogen (secondary N) is 1. The maximum absolute atomic E-state index is 14.1. The van der Waals surface area contributed by atoms with E-state index >= 15 is 0 Å². The first-order valence-corrected chi connectivity index (χ1v) is 14.6. The number of ether oxygens (including phenoxy) is 1. The van der Waals surface area contributed by atoms with Gasteiger partial charge in [0.2, 0.25) is 11.8 Å². The zero-order chi connectivity index (χ0) is 28.4. The predicted octanol–water partition coefficient (Wildman–Crippen LogP) is 4.40. The van der Waals surface area contributed by atoms with E-state index in [0.717, 1.165) is 15.4 Å². The highest BCUT2D eigenvalue weighted by Gasteiger charge is 2.34. The number of rotatable bonds is 13. The van der Waals surface area contributed by atoms with Crippen molar-refractivity contribution in [3.8, 4) is 5.75 Å². The third-order valence-electron chi connectivity index (χ3n) is 6.48. The molecule has 0 bridgehead atoms. The molecule has 2 amide bonds. The van der Waals surface area contributed by atoms with Crippen LogP contribution in [0.2, 0.25) is 0 Å². The van der Waals surface area contributed by atoms with E-state index in [1.165, 1.54) is 17.0 Å². The summed E-state index contributed by atoms with van der Waals surface area (Å²) in [6.07, 6.45) is 0.938. The summed E-state index contributed by atoms with van der Waals surface area (Å²) in [5.74, 6) is -0.153. The second kappa shape index (κ2) is 13.8. The number of carbonyl (C=O) groups excluding carboxylic acids is 2. The second-order valence-electron chi connectivity index (χ2n) is 9.00. The van der Waals surface area contributed by atoms with E-state index in [0.29, 0.717) is 30.8 Å². The average Bonchev–Trinajstić information content (AvgIpc) is 2.96. The van der Waals surface area contributed by atoms with Crippen LogP contribution >= 0.6 is 0 Å². The molecule has 0 radical (unpaired) electrons. The smallest absolute Gasteiger partial charge is 0.264 e. The van der Waals surface area contributed by atoms with Crippen LogP contribution in [0.4, 0.5) is 5.69 Å². The molecule has 1 atom stereocenters. The van der Waals surface area contributed by atoms with Crippen molar-refractivity contribution in [3.05, 3.63) is 90.0 Å². The molecule has 0 aliphatic rings. The molecule has 3 aromatic rings. The Bertz CT molecular complexity index is 1360. The number of para-hydroxylation sites is 1. The van der Waals surface area contributed by atoms with Crippen LogP contribution in [0, 0.1) is 0 Å². The number of benzene rings is 3. The Labute approximate surface area is 231 Å². The summed E-state index contributed by atoms with van der Waals surface area (Å²) in [4.78, 5) is 28.7. The lowest BCUT2D eigenvalue weighted by Gasteiger charge is -2.33. The monoisotopic (exact) mass is 551 g/mol. The van der Waals surface area contributed by atoms with Crippen LogP contribution in [0.1, 0.15) is 38.3 Å². The number of hydrogen-bond donors (Lipinski definition) is 1. The maximum Gasteiger partial charge on any atom is 0.264 e. The lowest BCUT2D eigenvalue weighted by atomic mass is 10.1. The number of amides is 2. The maximum atomic E-state index is 14.1. The van der Waals surface area contributed by atoms with Crippen LogP contribution in [0.3, 0.4) is 0 Å². The summed E-state index contributed by atoms with van der Waals surface area (Å²) in [6, 6.07) is 21.7. The Hall–Kier alpha value is -3.85. The SMILES string of the molecule is CCNC(=O)[C@H](CC)N(Cc1cccc(OC)c1)C(=O)CN(c1ccccc1CC)S(=O)(=O)c1ccccc1. The number of hydrogen-bond acceptors (Lipinski definition) is 5. The van der Waals surface area contributed by atoms with Gasteiger partial charge in [0.05, 0.1) is 17.7 Å². The highest BCUT2D eigenvalue weighted by Crippen LogP contribution is 2.28. The van der Waals surface area contributed by atoms with Crippen molar-refractivity contribution in [2.75, 3.05) is 24.5 Å². The standard InChI is InChI=1S/C30H37N3O5S/c1-5-24-15-11-12-19-28(24)33(39(36,37)26-17-9-8-10-18-26)22-29(34)32(27(6-2)30(35)31-7-3)21-23-14-13-16-25(20-23)38-4/h8-20,27H,5-7,21-22H2,1-4H3,(H,31,35)/t27-/m0/s1. The van der Waals surface area contributed by atoms with Gasteiger partial charge in [-0.15, -0.1) is 0 Å². The topological polar surface area (TPSA) is 96.0 Å². The molecule has 39 heavy (non-hydrogen) atoms. The number of methoxy groups -OCH3 is 1. The molecule has 0 spiro atoms. The molecule has 208 valence electrons. The number of carbonyl (C=O) groups is 2. The van der Waals surface area contributed by atoms with Gasteiger partial charge in [0.15, 0.2) is 0 Å². The van der Waals surface area contributed by atoms with Crippen LogP contribution in [0.15, 0.2) is 83.8 Å². The number of anilines is 1. The Morgan fingerprint density at radius 2 is 1.62 bits per heavy atom. The Balaban J connectivity index is 2.09. The molecule has 1 N–H and O–H groups in total. The molecule has 9 heteroatoms. The molecule has 8 nitrogen and oxygen atoms in total. The van der Waals surface area contributed by atoms with E-state index in [-0.39, 0.29) is 17.3 Å². The average molecular weight is 552 g/mol. The summed E-state index contributed by atoms with van der Waals surface area (Å²) < 4.78 is 34.4. The minimum Gasteiger partial charge on any atom is -0.497 e. The number of aryl methyl sites for hydroxylation is 1. The van der Waals surface area contributed by atoms with Crippen LogP contribution in [0.25, 0.3) is 0 Å². The summed E-state index contributed by atoms with van der Waals surface area (Å²) >= 11 is 0. The fourth-order valence-corrected chi connectivity index (χ4v) is 5.94. The van der Waals surface area contributed by atoms with Crippen LogP contribution in [-0.4, -0.2) is 51.4 Å². The van der Waals surface area contributed by atoms with E-state index in [1.54, 1.807) is 49.6 Å². The van der Waals surface area contributed by atoms with Crippen molar-refractivity contribution in [1.82, 2.24) is 10.2 Å². The molecule has 0 saturated heterocycles. The fourth-order valence-electron chi connectivity index (χ4n) is 4.47. The predicted molar refractivity (Wildman–Crippen MR) is 153 cm³/mol. The first-order chi connectivity index (χ1) is 18.8. The minimum atomic E-state index is -4.10. The van der Waals surface area contributed by atoms with Gasteiger partial charge in [-0.3, -0.25) is 13.9 Å². The van der Waals surface area contributed by atoms with Gasteiger partial charge in [-0.05, 0) is 61.2 Å². The van der Waals surface area contributed by atoms with Crippen molar-refractivity contribution < 1.29 is 22.7 Å². The molecular formula is C30H37N3O5S. The van der Waals surface area contributed by atoms with Crippen molar-refractivity contribution in [1.29, 1.82) is 0 Å². The first kappa shape index (κ1) is 29.7. The number of sulfonamides is 1. The molecule has 0 aliphatic carbocycles. The van der Waals surface area contributed by atoms with Gasteiger partial charge in [0, 0.05) is 13.1 Å². The Morgan fingerprint density at radius 3 is 2.26 bits per heavy atom. The van der Waals surface area contributed by atoms with Gasteiger partial charge < -0.3 is 15.0 Å². The molecule has 0 aromatic heterocycles. The molecule has 0 fully saturated rings. The largest absolute Gasteiger partial charge is 0.497 e. The third kappa shape index (κ3) is 7.17. The van der Waals surface area contributed by atoms with Crippen LogP contribution in [0.5, 0.6) is 5.75 Å². The van der Waals surface area contributed by atoms with Gasteiger partial charge in [0.25, 0.3) is 10.0 Å². The summed E-state index contributed by atoms with van der Waals surface area (Å²) in [7, 11) is -2.54. The summed E-state index contributed by atoms with van der Waals surface area (Å²) in [5.41, 5.74) is 1.99. The van der Waals surface area contributed by atoms with E-state index in [9.17, 15) is 18.0 Å². The molecule has 3 rings (SSSR count). The van der Waals surface area contributed by atoms with E-state index < -0.39 is 28.5 Å². The minimum absolute atomic E-state index is 0.0822. The molecule has 0 unspecified atom stereocenters. The highest BCUT2D eigenvalue weighted by atomic mass is 32.2. The van der Waals surface area contributed by atoms with Gasteiger partial charge in [-0.25, -0.2) is 8.42 Å². The van der Waals surface area contributed by atoms with Crippen LogP contribution in [-0.2, 0) is 32.6 Å². The molecule has 0 aliphatic heterocycles. The van der Waals surface area contributed by atoms with Crippen molar-refractivity contribution >= 4 is 27.5 Å². The molecule has 3 aromatic carbocycles. The Kier molecular flexibility index (Phi) is 10.5. The molecule has 0 saturated carbocycles. The van der Waals surface area contributed by atoms with Crippen molar-refractivity contribution in [3.63, 3.8) is 0 Å². The zero-order valence-electron chi connectivity index (χ0n) is 23.0. The fraction of sp³-hybridized carbons (Fsp3) is 0.333. The number of likely N-dealkylation sites (N-methyl/N-ethyl adjacent to an activating group) is 1. The highest BCUT2D eigenvalue weighted by molar-refractivity contribution is 7.92. The van der Waals surface area contributed by atoms with Gasteiger partial charge in [-0.1, -0.05) is 62.4 Å². The van der Waals surface area contributed by atoms with Gasteiger partial charge in [-0.2, -0.15) is 0 Å².